The van der Waals surface area contributed by atoms with E-state index in [1.165, 1.54) is 12.1 Å². The van der Waals surface area contributed by atoms with Crippen LogP contribution in [0.4, 0.5) is 4.39 Å². The third kappa shape index (κ3) is 5.37. The Bertz CT molecular complexity index is 1340. The number of esters is 1. The molecule has 4 aromatic rings. The quantitative estimate of drug-likeness (QED) is 0.292. The van der Waals surface area contributed by atoms with Gasteiger partial charge in [0.25, 0.3) is 0 Å². The van der Waals surface area contributed by atoms with Crippen molar-refractivity contribution in [3.8, 4) is 11.3 Å². The zero-order chi connectivity index (χ0) is 26.5. The number of hydrogen-bond acceptors (Lipinski definition) is 4. The van der Waals surface area contributed by atoms with Crippen molar-refractivity contribution >= 4 is 11.9 Å². The molecule has 0 spiro atoms. The lowest BCUT2D eigenvalue weighted by molar-refractivity contribution is -0.133. The minimum atomic E-state index is -0.490. The van der Waals surface area contributed by atoms with Gasteiger partial charge >= 0.3 is 5.97 Å². The van der Waals surface area contributed by atoms with E-state index in [1.807, 2.05) is 70.2 Å². The van der Waals surface area contributed by atoms with Crippen molar-refractivity contribution in [1.82, 2.24) is 14.7 Å². The Morgan fingerprint density at radius 3 is 2.05 bits per heavy atom. The average molecular weight is 512 g/mol. The Kier molecular flexibility index (Phi) is 7.63. The molecule has 0 unspecified atom stereocenters. The van der Waals surface area contributed by atoms with Crippen LogP contribution in [0.15, 0.2) is 91.0 Å². The number of benzene rings is 3. The number of nitrogens with zero attached hydrogens (tertiary/aromatic N) is 3. The van der Waals surface area contributed by atoms with Crippen LogP contribution >= 0.6 is 0 Å². The van der Waals surface area contributed by atoms with E-state index in [4.69, 9.17) is 4.74 Å². The van der Waals surface area contributed by atoms with Crippen LogP contribution in [0.5, 0.6) is 0 Å². The number of hydrogen-bond donors (Lipinski definition) is 0. The molecule has 1 amide bonds. The van der Waals surface area contributed by atoms with Crippen LogP contribution in [0.2, 0.25) is 0 Å². The van der Waals surface area contributed by atoms with Crippen LogP contribution in [-0.4, -0.2) is 46.3 Å². The normalized spacial score (nSPS) is 14.0. The molecule has 0 N–H and O–H groups in total. The van der Waals surface area contributed by atoms with Crippen molar-refractivity contribution in [1.29, 1.82) is 0 Å². The molecule has 38 heavy (non-hydrogen) atoms. The predicted molar refractivity (Wildman–Crippen MR) is 143 cm³/mol. The molecule has 5 rings (SSSR count). The SMILES string of the molecule is CCOC(=O)c1cc(-c2ccc(F)cc2)n(C2CCN(C(=O)C(c3ccccc3)c3ccccc3)CC2)n1. The summed E-state index contributed by atoms with van der Waals surface area (Å²) in [5.74, 6) is -1.12. The molecule has 1 fully saturated rings. The molecule has 2 heterocycles. The molecule has 0 atom stereocenters. The third-order valence-corrected chi connectivity index (χ3v) is 7.00. The maximum Gasteiger partial charge on any atom is 0.358 e. The number of halogens is 1. The summed E-state index contributed by atoms with van der Waals surface area (Å²) in [6.07, 6.45) is 1.36. The zero-order valence-corrected chi connectivity index (χ0v) is 21.3. The van der Waals surface area contributed by atoms with Crippen molar-refractivity contribution in [2.45, 2.75) is 31.7 Å². The zero-order valence-electron chi connectivity index (χ0n) is 21.3. The highest BCUT2D eigenvalue weighted by Gasteiger charge is 2.32. The van der Waals surface area contributed by atoms with Crippen molar-refractivity contribution in [3.63, 3.8) is 0 Å². The molecule has 3 aromatic carbocycles. The summed E-state index contributed by atoms with van der Waals surface area (Å²) in [5.41, 5.74) is 3.65. The largest absolute Gasteiger partial charge is 0.461 e. The molecule has 7 heteroatoms. The van der Waals surface area contributed by atoms with E-state index in [0.717, 1.165) is 22.4 Å². The summed E-state index contributed by atoms with van der Waals surface area (Å²) in [6, 6.07) is 27.6. The summed E-state index contributed by atoms with van der Waals surface area (Å²) in [7, 11) is 0. The molecule has 0 saturated carbocycles. The van der Waals surface area contributed by atoms with Gasteiger partial charge < -0.3 is 9.64 Å². The Labute approximate surface area is 221 Å². The fourth-order valence-electron chi connectivity index (χ4n) is 5.10. The van der Waals surface area contributed by atoms with Gasteiger partial charge in [0.15, 0.2) is 5.69 Å². The fourth-order valence-corrected chi connectivity index (χ4v) is 5.10. The second-order valence-electron chi connectivity index (χ2n) is 9.40. The van der Waals surface area contributed by atoms with Crippen LogP contribution in [0.25, 0.3) is 11.3 Å². The number of amides is 1. The maximum atomic E-state index is 13.8. The highest BCUT2D eigenvalue weighted by molar-refractivity contribution is 5.89. The Hall–Kier alpha value is -4.26. The topological polar surface area (TPSA) is 64.4 Å². The molecule has 0 radical (unpaired) electrons. The van der Waals surface area contributed by atoms with Gasteiger partial charge in [-0.2, -0.15) is 5.10 Å². The molecule has 0 aliphatic carbocycles. The van der Waals surface area contributed by atoms with Crippen LogP contribution < -0.4 is 0 Å². The molecule has 1 aromatic heterocycles. The number of rotatable bonds is 7. The lowest BCUT2D eigenvalue weighted by atomic mass is 9.89. The summed E-state index contributed by atoms with van der Waals surface area (Å²) >= 11 is 0. The first-order chi connectivity index (χ1) is 18.5. The molecule has 1 aliphatic rings. The van der Waals surface area contributed by atoms with Gasteiger partial charge in [0.2, 0.25) is 5.91 Å². The Balaban J connectivity index is 1.38. The van der Waals surface area contributed by atoms with Gasteiger partial charge in [-0.15, -0.1) is 0 Å². The summed E-state index contributed by atoms with van der Waals surface area (Å²) in [5, 5.41) is 4.60. The number of aromatic nitrogens is 2. The third-order valence-electron chi connectivity index (χ3n) is 7.00. The molecule has 194 valence electrons. The number of ether oxygens (including phenoxy) is 1. The van der Waals surface area contributed by atoms with Crippen LogP contribution in [-0.2, 0) is 9.53 Å². The predicted octanol–water partition coefficient (Wildman–Crippen LogP) is 5.86. The van der Waals surface area contributed by atoms with Crippen LogP contribution in [0.1, 0.15) is 53.3 Å². The van der Waals surface area contributed by atoms with E-state index in [2.05, 4.69) is 5.10 Å². The molecule has 0 bridgehead atoms. The van der Waals surface area contributed by atoms with E-state index >= 15 is 0 Å². The highest BCUT2D eigenvalue weighted by atomic mass is 19.1. The number of carbonyl (C=O) groups excluding carboxylic acids is 2. The Morgan fingerprint density at radius 2 is 1.50 bits per heavy atom. The monoisotopic (exact) mass is 511 g/mol. The number of carbonyl (C=O) groups is 2. The van der Waals surface area contributed by atoms with Crippen molar-refractivity contribution in [3.05, 3.63) is 114 Å². The average Bonchev–Trinajstić information content (AvgIpc) is 3.41. The van der Waals surface area contributed by atoms with Crippen molar-refractivity contribution in [2.24, 2.45) is 0 Å². The van der Waals surface area contributed by atoms with E-state index in [-0.39, 0.29) is 36.0 Å². The summed E-state index contributed by atoms with van der Waals surface area (Å²) in [4.78, 5) is 28.2. The Morgan fingerprint density at radius 1 is 0.921 bits per heavy atom. The van der Waals surface area contributed by atoms with Gasteiger partial charge in [0.1, 0.15) is 5.82 Å². The van der Waals surface area contributed by atoms with Gasteiger partial charge in [-0.05, 0) is 61.2 Å². The first kappa shape index (κ1) is 25.4. The smallest absolute Gasteiger partial charge is 0.358 e. The van der Waals surface area contributed by atoms with E-state index < -0.39 is 5.97 Å². The lowest BCUT2D eigenvalue weighted by Gasteiger charge is -2.35. The maximum absolute atomic E-state index is 13.8. The standard InChI is InChI=1S/C31H30FN3O3/c1-2-38-31(37)27-21-28(22-13-15-25(32)16-14-22)35(33-27)26-17-19-34(20-18-26)30(36)29(23-9-5-3-6-10-23)24-11-7-4-8-12-24/h3-16,21,26,29H,2,17-20H2,1H3. The van der Waals surface area contributed by atoms with E-state index in [9.17, 15) is 14.0 Å². The summed E-state index contributed by atoms with van der Waals surface area (Å²) in [6.45, 7) is 3.14. The summed E-state index contributed by atoms with van der Waals surface area (Å²) < 4.78 is 20.6. The fraction of sp³-hybridized carbons (Fsp3) is 0.258. The highest BCUT2D eigenvalue weighted by Crippen LogP contribution is 2.33. The van der Waals surface area contributed by atoms with Gasteiger partial charge in [0.05, 0.1) is 24.3 Å². The molecular formula is C31H30FN3O3. The molecule has 1 saturated heterocycles. The van der Waals surface area contributed by atoms with Gasteiger partial charge in [-0.25, -0.2) is 9.18 Å². The first-order valence-corrected chi connectivity index (χ1v) is 13.0. The number of piperidine rings is 1. The van der Waals surface area contributed by atoms with E-state index in [1.54, 1.807) is 25.1 Å². The lowest BCUT2D eigenvalue weighted by Crippen LogP contribution is -2.42. The van der Waals surface area contributed by atoms with Gasteiger partial charge in [-0.1, -0.05) is 60.7 Å². The second kappa shape index (κ2) is 11.4. The van der Waals surface area contributed by atoms with Crippen molar-refractivity contribution in [2.75, 3.05) is 19.7 Å². The first-order valence-electron chi connectivity index (χ1n) is 13.0. The minimum absolute atomic E-state index is 0.0193. The van der Waals surface area contributed by atoms with Gasteiger partial charge in [-0.3, -0.25) is 9.48 Å². The van der Waals surface area contributed by atoms with Crippen LogP contribution in [0.3, 0.4) is 0 Å². The molecule has 1 aliphatic heterocycles. The number of likely N-dealkylation sites (tertiary alicyclic amines) is 1. The van der Waals surface area contributed by atoms with E-state index in [0.29, 0.717) is 25.9 Å². The minimum Gasteiger partial charge on any atom is -0.461 e. The molecular weight excluding hydrogens is 481 g/mol. The van der Waals surface area contributed by atoms with Gasteiger partial charge in [0, 0.05) is 18.7 Å². The molecule has 6 nitrogen and oxygen atoms in total. The van der Waals surface area contributed by atoms with Crippen molar-refractivity contribution < 1.29 is 18.7 Å². The van der Waals surface area contributed by atoms with Crippen LogP contribution in [0, 0.1) is 5.82 Å². The second-order valence-corrected chi connectivity index (χ2v) is 9.40.